The van der Waals surface area contributed by atoms with Crippen LogP contribution >= 0.6 is 22.9 Å². The quantitative estimate of drug-likeness (QED) is 0.526. The number of halogens is 1. The Morgan fingerprint density at radius 1 is 1.05 bits per heavy atom. The van der Waals surface area contributed by atoms with Crippen molar-refractivity contribution in [2.45, 2.75) is 46.0 Å². The Hall–Kier alpha value is -1.12. The van der Waals surface area contributed by atoms with Gasteiger partial charge in [0.2, 0.25) is 5.78 Å². The van der Waals surface area contributed by atoms with Crippen LogP contribution in [0.25, 0.3) is 0 Å². The molecule has 1 aliphatic rings. The summed E-state index contributed by atoms with van der Waals surface area (Å²) in [4.78, 5) is 15.0. The molecule has 0 atom stereocenters. The minimum atomic E-state index is 0.0705. The van der Waals surface area contributed by atoms with Crippen molar-refractivity contribution in [2.75, 3.05) is 0 Å². The topological polar surface area (TPSA) is 17.1 Å². The smallest absolute Gasteiger partial charge is 0.204 e. The molecule has 3 rings (SSSR count). The first-order chi connectivity index (χ1) is 10.1. The molecule has 0 fully saturated rings. The molecule has 0 unspecified atom stereocenters. The summed E-state index contributed by atoms with van der Waals surface area (Å²) in [5.41, 5.74) is 4.25. The van der Waals surface area contributed by atoms with E-state index >= 15 is 0 Å². The summed E-state index contributed by atoms with van der Waals surface area (Å²) in [6.45, 7) is 4.04. The molecule has 110 valence electrons. The Morgan fingerprint density at radius 2 is 1.76 bits per heavy atom. The molecule has 21 heavy (non-hydrogen) atoms. The highest BCUT2D eigenvalue weighted by molar-refractivity contribution is 7.14. The van der Waals surface area contributed by atoms with Gasteiger partial charge in [-0.3, -0.25) is 4.79 Å². The van der Waals surface area contributed by atoms with Crippen LogP contribution in [0.15, 0.2) is 18.2 Å². The van der Waals surface area contributed by atoms with Crippen LogP contribution in [0.5, 0.6) is 0 Å². The molecule has 0 bridgehead atoms. The van der Waals surface area contributed by atoms with Crippen LogP contribution in [0.3, 0.4) is 0 Å². The molecule has 1 heterocycles. The summed E-state index contributed by atoms with van der Waals surface area (Å²) in [6.07, 6.45) is 6.01. The molecule has 0 radical (unpaired) electrons. The number of thiophene rings is 1. The fraction of sp³-hybridized carbons (Fsp3) is 0.389. The van der Waals surface area contributed by atoms with Crippen LogP contribution in [0, 0.1) is 13.8 Å². The zero-order chi connectivity index (χ0) is 15.0. The molecule has 0 spiro atoms. The molecule has 0 aliphatic heterocycles. The van der Waals surface area contributed by atoms with Crippen LogP contribution in [-0.2, 0) is 12.8 Å². The lowest BCUT2D eigenvalue weighted by molar-refractivity contribution is 0.104. The van der Waals surface area contributed by atoms with Gasteiger partial charge >= 0.3 is 0 Å². The van der Waals surface area contributed by atoms with E-state index in [1.807, 2.05) is 26.0 Å². The number of ketones is 1. The first-order valence-electron chi connectivity index (χ1n) is 7.49. The van der Waals surface area contributed by atoms with E-state index in [0.29, 0.717) is 10.6 Å². The second kappa shape index (κ2) is 5.94. The van der Waals surface area contributed by atoms with Crippen LogP contribution in [0.4, 0.5) is 0 Å². The van der Waals surface area contributed by atoms with Crippen molar-refractivity contribution in [3.05, 3.63) is 55.2 Å². The average molecular weight is 319 g/mol. The molecule has 1 aliphatic carbocycles. The molecule has 2 aromatic rings. The van der Waals surface area contributed by atoms with Crippen molar-refractivity contribution in [1.29, 1.82) is 0 Å². The van der Waals surface area contributed by atoms with E-state index in [4.69, 9.17) is 11.6 Å². The summed E-state index contributed by atoms with van der Waals surface area (Å²) in [5.74, 6) is 0.0705. The highest BCUT2D eigenvalue weighted by Gasteiger charge is 2.19. The maximum Gasteiger partial charge on any atom is 0.204 e. The number of carbonyl (C=O) groups is 1. The average Bonchev–Trinajstić information content (AvgIpc) is 2.73. The van der Waals surface area contributed by atoms with Gasteiger partial charge in [-0.2, -0.15) is 0 Å². The predicted octanol–water partition coefficient (Wildman–Crippen LogP) is 5.52. The van der Waals surface area contributed by atoms with E-state index in [9.17, 15) is 4.79 Å². The van der Waals surface area contributed by atoms with Crippen LogP contribution in [-0.4, -0.2) is 5.78 Å². The van der Waals surface area contributed by atoms with Gasteiger partial charge in [-0.05, 0) is 74.4 Å². The zero-order valence-corrected chi connectivity index (χ0v) is 14.0. The Bertz CT molecular complexity index is 676. The summed E-state index contributed by atoms with van der Waals surface area (Å²) < 4.78 is 0. The van der Waals surface area contributed by atoms with E-state index in [1.165, 1.54) is 29.7 Å². The van der Waals surface area contributed by atoms with E-state index in [0.717, 1.165) is 28.8 Å². The van der Waals surface area contributed by atoms with E-state index in [-0.39, 0.29) is 5.78 Å². The van der Waals surface area contributed by atoms with Gasteiger partial charge < -0.3 is 0 Å². The third-order valence-electron chi connectivity index (χ3n) is 4.30. The Morgan fingerprint density at radius 3 is 2.57 bits per heavy atom. The van der Waals surface area contributed by atoms with Gasteiger partial charge in [0.15, 0.2) is 0 Å². The third-order valence-corrected chi connectivity index (χ3v) is 5.85. The Balaban J connectivity index is 1.97. The van der Waals surface area contributed by atoms with Gasteiger partial charge in [0.05, 0.1) is 9.90 Å². The minimum Gasteiger partial charge on any atom is -0.288 e. The number of carbonyl (C=O) groups excluding carboxylic acids is 1. The lowest BCUT2D eigenvalue weighted by Crippen LogP contribution is -2.01. The largest absolute Gasteiger partial charge is 0.288 e. The number of rotatable bonds is 2. The molecule has 0 saturated carbocycles. The Kier molecular flexibility index (Phi) is 4.19. The second-order valence-electron chi connectivity index (χ2n) is 5.87. The zero-order valence-electron chi connectivity index (χ0n) is 12.5. The lowest BCUT2D eigenvalue weighted by Gasteiger charge is -2.06. The van der Waals surface area contributed by atoms with Crippen molar-refractivity contribution < 1.29 is 4.79 Å². The van der Waals surface area contributed by atoms with Crippen molar-refractivity contribution in [1.82, 2.24) is 0 Å². The summed E-state index contributed by atoms with van der Waals surface area (Å²) in [5, 5.41) is 0.562. The van der Waals surface area contributed by atoms with Crippen molar-refractivity contribution in [3.63, 3.8) is 0 Å². The highest BCUT2D eigenvalue weighted by Crippen LogP contribution is 2.32. The van der Waals surface area contributed by atoms with E-state index in [1.54, 1.807) is 11.3 Å². The fourth-order valence-electron chi connectivity index (χ4n) is 2.87. The number of hydrogen-bond donors (Lipinski definition) is 0. The molecule has 1 aromatic heterocycles. The van der Waals surface area contributed by atoms with Gasteiger partial charge in [0, 0.05) is 10.4 Å². The van der Waals surface area contributed by atoms with Crippen LogP contribution in [0.2, 0.25) is 5.02 Å². The predicted molar refractivity (Wildman–Crippen MR) is 89.9 cm³/mol. The first kappa shape index (κ1) is 14.8. The monoisotopic (exact) mass is 318 g/mol. The summed E-state index contributed by atoms with van der Waals surface area (Å²) in [7, 11) is 0. The molecule has 1 aromatic carbocycles. The molecular formula is C18H19ClOS. The molecule has 1 nitrogen and oxygen atoms in total. The lowest BCUT2D eigenvalue weighted by atomic mass is 10.0. The standard InChI is InChI=1S/C18H19ClOS/c1-11-8-14(15(19)9-12(11)2)18(20)17-10-13-6-4-3-5-7-16(13)21-17/h8-10H,3-7H2,1-2H3. The minimum absolute atomic E-state index is 0.0705. The van der Waals surface area contributed by atoms with Crippen molar-refractivity contribution in [3.8, 4) is 0 Å². The highest BCUT2D eigenvalue weighted by atomic mass is 35.5. The summed E-state index contributed by atoms with van der Waals surface area (Å²) >= 11 is 7.95. The maximum atomic E-state index is 12.8. The molecule has 0 amide bonds. The fourth-order valence-corrected chi connectivity index (χ4v) is 4.38. The van der Waals surface area contributed by atoms with Gasteiger partial charge in [-0.15, -0.1) is 11.3 Å². The SMILES string of the molecule is Cc1cc(Cl)c(C(=O)c2cc3c(s2)CCCCC3)cc1C. The van der Waals surface area contributed by atoms with Crippen molar-refractivity contribution in [2.24, 2.45) is 0 Å². The summed E-state index contributed by atoms with van der Waals surface area (Å²) in [6, 6.07) is 5.91. The van der Waals surface area contributed by atoms with Gasteiger partial charge in [-0.25, -0.2) is 0 Å². The van der Waals surface area contributed by atoms with Gasteiger partial charge in [0.1, 0.15) is 0 Å². The normalized spacial score (nSPS) is 14.6. The van der Waals surface area contributed by atoms with E-state index in [2.05, 4.69) is 6.07 Å². The Labute approximate surface area is 135 Å². The molecule has 0 N–H and O–H groups in total. The number of hydrogen-bond acceptors (Lipinski definition) is 2. The van der Waals surface area contributed by atoms with Crippen molar-refractivity contribution >= 4 is 28.7 Å². The number of fused-ring (bicyclic) bond motifs is 1. The molecule has 0 saturated heterocycles. The third kappa shape index (κ3) is 2.93. The molecule has 3 heteroatoms. The van der Waals surface area contributed by atoms with E-state index < -0.39 is 0 Å². The van der Waals surface area contributed by atoms with Gasteiger partial charge in [-0.1, -0.05) is 18.0 Å². The first-order valence-corrected chi connectivity index (χ1v) is 8.68. The number of aryl methyl sites for hydroxylation is 4. The van der Waals surface area contributed by atoms with Gasteiger partial charge in [0.25, 0.3) is 0 Å². The number of benzene rings is 1. The van der Waals surface area contributed by atoms with Crippen LogP contribution < -0.4 is 0 Å². The molecular weight excluding hydrogens is 300 g/mol. The second-order valence-corrected chi connectivity index (χ2v) is 7.41. The van der Waals surface area contributed by atoms with Crippen LogP contribution in [0.1, 0.15) is 56.1 Å². The maximum absolute atomic E-state index is 12.8.